The number of methoxy groups -OCH3 is 1. The Bertz CT molecular complexity index is 328. The molecule has 3 heteroatoms. The summed E-state index contributed by atoms with van der Waals surface area (Å²) in [7, 11) is 1.72. The average molecular weight is 251 g/mol. The molecular formula is C15H25NO2. The molecule has 0 saturated heterocycles. The van der Waals surface area contributed by atoms with Crippen LogP contribution in [0.15, 0.2) is 24.3 Å². The van der Waals surface area contributed by atoms with E-state index in [1.807, 2.05) is 12.1 Å². The maximum atomic E-state index is 5.82. The molecule has 1 aromatic carbocycles. The van der Waals surface area contributed by atoms with Gasteiger partial charge in [-0.1, -0.05) is 26.0 Å². The smallest absolute Gasteiger partial charge is 0.119 e. The summed E-state index contributed by atoms with van der Waals surface area (Å²) in [5, 5.41) is 3.42. The monoisotopic (exact) mass is 251 g/mol. The van der Waals surface area contributed by atoms with Crippen molar-refractivity contribution >= 4 is 0 Å². The van der Waals surface area contributed by atoms with Crippen LogP contribution in [0.1, 0.15) is 25.8 Å². The molecule has 0 aliphatic heterocycles. The molecule has 0 aliphatic carbocycles. The highest BCUT2D eigenvalue weighted by atomic mass is 16.5. The van der Waals surface area contributed by atoms with Gasteiger partial charge in [0.25, 0.3) is 0 Å². The van der Waals surface area contributed by atoms with E-state index in [0.717, 1.165) is 25.1 Å². The number of hydrogen-bond acceptors (Lipinski definition) is 3. The minimum Gasteiger partial charge on any atom is -0.492 e. The van der Waals surface area contributed by atoms with Crippen LogP contribution in [-0.4, -0.2) is 32.9 Å². The Kier molecular flexibility index (Phi) is 7.46. The van der Waals surface area contributed by atoms with Crippen molar-refractivity contribution in [3.8, 4) is 5.75 Å². The standard InChI is InChI=1S/C15H25NO2/c1-4-9-16-14(11-17-3)12-18-15-8-6-7-13(5-2)10-15/h6-8,10,14,16H,4-5,9,11-12H2,1-3H3. The first-order valence-corrected chi connectivity index (χ1v) is 6.74. The van der Waals surface area contributed by atoms with E-state index in [9.17, 15) is 0 Å². The molecule has 1 rings (SSSR count). The van der Waals surface area contributed by atoms with Crippen LogP contribution in [0.25, 0.3) is 0 Å². The highest BCUT2D eigenvalue weighted by Gasteiger charge is 2.08. The van der Waals surface area contributed by atoms with Crippen LogP contribution in [0.3, 0.4) is 0 Å². The Balaban J connectivity index is 2.44. The fourth-order valence-electron chi connectivity index (χ4n) is 1.77. The molecule has 1 atom stereocenters. The summed E-state index contributed by atoms with van der Waals surface area (Å²) in [6, 6.07) is 8.51. The van der Waals surface area contributed by atoms with Crippen molar-refractivity contribution in [2.75, 3.05) is 26.9 Å². The van der Waals surface area contributed by atoms with Crippen molar-refractivity contribution in [2.24, 2.45) is 0 Å². The van der Waals surface area contributed by atoms with Gasteiger partial charge in [0.05, 0.1) is 12.6 Å². The number of benzene rings is 1. The zero-order valence-electron chi connectivity index (χ0n) is 11.7. The molecule has 0 amide bonds. The lowest BCUT2D eigenvalue weighted by molar-refractivity contribution is 0.136. The summed E-state index contributed by atoms with van der Waals surface area (Å²) in [6.45, 7) is 6.61. The SMILES string of the molecule is CCCNC(COC)COc1cccc(CC)c1. The van der Waals surface area contributed by atoms with Crippen LogP contribution in [0.4, 0.5) is 0 Å². The van der Waals surface area contributed by atoms with Crippen molar-refractivity contribution in [1.82, 2.24) is 5.32 Å². The Labute approximate surface area is 110 Å². The van der Waals surface area contributed by atoms with Crippen molar-refractivity contribution in [3.63, 3.8) is 0 Å². The normalized spacial score (nSPS) is 12.4. The fraction of sp³-hybridized carbons (Fsp3) is 0.600. The molecule has 102 valence electrons. The van der Waals surface area contributed by atoms with Gasteiger partial charge in [-0.2, -0.15) is 0 Å². The zero-order valence-corrected chi connectivity index (χ0v) is 11.7. The van der Waals surface area contributed by atoms with Gasteiger partial charge in [-0.3, -0.25) is 0 Å². The molecule has 0 bridgehead atoms. The van der Waals surface area contributed by atoms with Crippen LogP contribution in [-0.2, 0) is 11.2 Å². The van der Waals surface area contributed by atoms with E-state index in [-0.39, 0.29) is 6.04 Å². The molecule has 0 spiro atoms. The van der Waals surface area contributed by atoms with Gasteiger partial charge in [0.2, 0.25) is 0 Å². The number of rotatable bonds is 9. The quantitative estimate of drug-likeness (QED) is 0.732. The van der Waals surface area contributed by atoms with E-state index < -0.39 is 0 Å². The van der Waals surface area contributed by atoms with Crippen LogP contribution >= 0.6 is 0 Å². The van der Waals surface area contributed by atoms with E-state index >= 15 is 0 Å². The molecule has 1 N–H and O–H groups in total. The summed E-state index contributed by atoms with van der Waals surface area (Å²) in [5.74, 6) is 0.939. The molecule has 3 nitrogen and oxygen atoms in total. The van der Waals surface area contributed by atoms with Gasteiger partial charge in [-0.05, 0) is 37.1 Å². The summed E-state index contributed by atoms with van der Waals surface area (Å²) in [4.78, 5) is 0. The zero-order chi connectivity index (χ0) is 13.2. The summed E-state index contributed by atoms with van der Waals surface area (Å²) >= 11 is 0. The molecule has 1 aromatic rings. The second kappa shape index (κ2) is 8.95. The summed E-state index contributed by atoms with van der Waals surface area (Å²) in [5.41, 5.74) is 1.30. The fourth-order valence-corrected chi connectivity index (χ4v) is 1.77. The Hall–Kier alpha value is -1.06. The van der Waals surface area contributed by atoms with Gasteiger partial charge in [-0.15, -0.1) is 0 Å². The largest absolute Gasteiger partial charge is 0.492 e. The number of nitrogens with one attached hydrogen (secondary N) is 1. The van der Waals surface area contributed by atoms with Gasteiger partial charge in [0, 0.05) is 7.11 Å². The predicted octanol–water partition coefficient (Wildman–Crippen LogP) is 2.64. The van der Waals surface area contributed by atoms with E-state index in [4.69, 9.17) is 9.47 Å². The van der Waals surface area contributed by atoms with Crippen LogP contribution in [0.2, 0.25) is 0 Å². The number of hydrogen-bond donors (Lipinski definition) is 1. The van der Waals surface area contributed by atoms with Crippen molar-refractivity contribution in [2.45, 2.75) is 32.7 Å². The van der Waals surface area contributed by atoms with Crippen LogP contribution in [0.5, 0.6) is 5.75 Å². The van der Waals surface area contributed by atoms with E-state index in [1.54, 1.807) is 7.11 Å². The van der Waals surface area contributed by atoms with Gasteiger partial charge in [0.15, 0.2) is 0 Å². The third-order valence-electron chi connectivity index (χ3n) is 2.81. The first kappa shape index (κ1) is 15.0. The lowest BCUT2D eigenvalue weighted by Crippen LogP contribution is -2.38. The molecule has 0 fully saturated rings. The molecule has 18 heavy (non-hydrogen) atoms. The topological polar surface area (TPSA) is 30.5 Å². The van der Waals surface area contributed by atoms with Gasteiger partial charge in [-0.25, -0.2) is 0 Å². The minimum atomic E-state index is 0.250. The summed E-state index contributed by atoms with van der Waals surface area (Å²) < 4.78 is 11.0. The van der Waals surface area contributed by atoms with Gasteiger partial charge in [0.1, 0.15) is 12.4 Å². The highest BCUT2D eigenvalue weighted by Crippen LogP contribution is 2.13. The van der Waals surface area contributed by atoms with E-state index in [2.05, 4.69) is 31.3 Å². The second-order valence-corrected chi connectivity index (χ2v) is 4.42. The lowest BCUT2D eigenvalue weighted by atomic mass is 10.2. The van der Waals surface area contributed by atoms with E-state index in [1.165, 1.54) is 5.56 Å². The average Bonchev–Trinajstić information content (AvgIpc) is 2.42. The molecule has 0 aromatic heterocycles. The number of ether oxygens (including phenoxy) is 2. The highest BCUT2D eigenvalue weighted by molar-refractivity contribution is 5.28. The molecule has 0 radical (unpaired) electrons. The van der Waals surface area contributed by atoms with Crippen molar-refractivity contribution < 1.29 is 9.47 Å². The summed E-state index contributed by atoms with van der Waals surface area (Å²) in [6.07, 6.45) is 2.15. The molecule has 0 saturated carbocycles. The first-order chi connectivity index (χ1) is 8.80. The van der Waals surface area contributed by atoms with Crippen LogP contribution < -0.4 is 10.1 Å². The number of aryl methyl sites for hydroxylation is 1. The Morgan fingerprint density at radius 3 is 2.72 bits per heavy atom. The van der Waals surface area contributed by atoms with Crippen molar-refractivity contribution in [1.29, 1.82) is 0 Å². The van der Waals surface area contributed by atoms with Crippen molar-refractivity contribution in [3.05, 3.63) is 29.8 Å². The van der Waals surface area contributed by atoms with Crippen LogP contribution in [0, 0.1) is 0 Å². The maximum Gasteiger partial charge on any atom is 0.119 e. The van der Waals surface area contributed by atoms with Gasteiger partial charge >= 0.3 is 0 Å². The maximum absolute atomic E-state index is 5.82. The predicted molar refractivity (Wildman–Crippen MR) is 75.3 cm³/mol. The van der Waals surface area contributed by atoms with E-state index in [0.29, 0.717) is 13.2 Å². The Morgan fingerprint density at radius 1 is 1.22 bits per heavy atom. The molecule has 0 heterocycles. The second-order valence-electron chi connectivity index (χ2n) is 4.42. The third kappa shape index (κ3) is 5.52. The lowest BCUT2D eigenvalue weighted by Gasteiger charge is -2.18. The first-order valence-electron chi connectivity index (χ1n) is 6.74. The van der Waals surface area contributed by atoms with Gasteiger partial charge < -0.3 is 14.8 Å². The molecule has 1 unspecified atom stereocenters. The Morgan fingerprint density at radius 2 is 2.06 bits per heavy atom. The molecule has 0 aliphatic rings. The minimum absolute atomic E-state index is 0.250. The molecular weight excluding hydrogens is 226 g/mol. The third-order valence-corrected chi connectivity index (χ3v) is 2.81.